The highest BCUT2D eigenvalue weighted by Crippen LogP contribution is 2.18. The van der Waals surface area contributed by atoms with E-state index in [1.807, 2.05) is 33.8 Å². The number of hydrogen-bond acceptors (Lipinski definition) is 1. The number of hydrogen-bond donors (Lipinski definition) is 0. The van der Waals surface area contributed by atoms with Crippen molar-refractivity contribution in [2.24, 2.45) is 0 Å². The van der Waals surface area contributed by atoms with Crippen LogP contribution in [0.2, 0.25) is 0 Å². The molecule has 0 radical (unpaired) electrons. The van der Waals surface area contributed by atoms with Gasteiger partial charge in [0, 0.05) is 5.57 Å². The highest BCUT2D eigenvalue weighted by atomic mass is 16.5. The van der Waals surface area contributed by atoms with Crippen molar-refractivity contribution in [2.45, 2.75) is 33.8 Å². The average molecular weight is 192 g/mol. The van der Waals surface area contributed by atoms with Crippen LogP contribution in [0.25, 0.3) is 0 Å². The molecular formula is C13H20O. The lowest BCUT2D eigenvalue weighted by atomic mass is 10.1. The molecular weight excluding hydrogens is 172 g/mol. The van der Waals surface area contributed by atoms with Crippen LogP contribution in [0.5, 0.6) is 0 Å². The molecule has 1 heteroatoms. The van der Waals surface area contributed by atoms with Crippen molar-refractivity contribution < 1.29 is 4.74 Å². The second-order valence-electron chi connectivity index (χ2n) is 3.32. The Morgan fingerprint density at radius 3 is 2.07 bits per heavy atom. The highest BCUT2D eigenvalue weighted by molar-refractivity contribution is 5.42. The van der Waals surface area contributed by atoms with Crippen LogP contribution < -0.4 is 0 Å². The van der Waals surface area contributed by atoms with Crippen molar-refractivity contribution in [3.63, 3.8) is 0 Å². The van der Waals surface area contributed by atoms with E-state index >= 15 is 0 Å². The minimum atomic E-state index is 0.155. The largest absolute Gasteiger partial charge is 0.490 e. The number of ether oxygens (including phenoxy) is 1. The van der Waals surface area contributed by atoms with Gasteiger partial charge in [-0.05, 0) is 39.3 Å². The molecule has 0 aromatic heterocycles. The smallest absolute Gasteiger partial charge is 0.126 e. The number of rotatable bonds is 5. The molecule has 0 fully saturated rings. The highest BCUT2D eigenvalue weighted by Gasteiger charge is 2.05. The summed E-state index contributed by atoms with van der Waals surface area (Å²) in [4.78, 5) is 0. The van der Waals surface area contributed by atoms with Crippen LogP contribution in [0, 0.1) is 0 Å². The van der Waals surface area contributed by atoms with Gasteiger partial charge in [-0.15, -0.1) is 0 Å². The van der Waals surface area contributed by atoms with Gasteiger partial charge in [-0.3, -0.25) is 0 Å². The fourth-order valence-electron chi connectivity index (χ4n) is 1.09. The van der Waals surface area contributed by atoms with Crippen LogP contribution in [0.3, 0.4) is 0 Å². The molecule has 0 aliphatic carbocycles. The molecule has 0 spiro atoms. The first-order valence-electron chi connectivity index (χ1n) is 4.85. The van der Waals surface area contributed by atoms with Crippen LogP contribution in [0.1, 0.15) is 27.7 Å². The summed E-state index contributed by atoms with van der Waals surface area (Å²) in [5, 5.41) is 0. The summed E-state index contributed by atoms with van der Waals surface area (Å²) in [7, 11) is 0. The quantitative estimate of drug-likeness (QED) is 0.472. The maximum Gasteiger partial charge on any atom is 0.126 e. The zero-order valence-corrected chi connectivity index (χ0v) is 9.63. The second kappa shape index (κ2) is 6.25. The summed E-state index contributed by atoms with van der Waals surface area (Å²) < 4.78 is 5.62. The summed E-state index contributed by atoms with van der Waals surface area (Å²) in [5.74, 6) is 0.797. The lowest BCUT2D eigenvalue weighted by Crippen LogP contribution is -2.03. The van der Waals surface area contributed by atoms with E-state index in [0.717, 1.165) is 16.9 Å². The first kappa shape index (κ1) is 12.8. The molecule has 1 nitrogen and oxygen atoms in total. The van der Waals surface area contributed by atoms with Crippen molar-refractivity contribution in [3.8, 4) is 0 Å². The third-order valence-corrected chi connectivity index (χ3v) is 1.88. The molecule has 78 valence electrons. The van der Waals surface area contributed by atoms with E-state index in [9.17, 15) is 0 Å². The molecule has 0 bridgehead atoms. The summed E-state index contributed by atoms with van der Waals surface area (Å²) in [6, 6.07) is 0. The van der Waals surface area contributed by atoms with Crippen LogP contribution in [0.4, 0.5) is 0 Å². The standard InChI is InChI=1S/C13H20O/c1-7-11(6)12(8-2)13(9-3)14-10(4)5/h7-10H,2-3H2,1,4-6H3/b11-7?,13-12-. The van der Waals surface area contributed by atoms with Gasteiger partial charge in [0.1, 0.15) is 5.76 Å². The van der Waals surface area contributed by atoms with Crippen LogP contribution in [-0.4, -0.2) is 6.10 Å². The summed E-state index contributed by atoms with van der Waals surface area (Å²) in [6.07, 6.45) is 5.71. The van der Waals surface area contributed by atoms with Gasteiger partial charge in [-0.2, -0.15) is 0 Å². The van der Waals surface area contributed by atoms with Crippen molar-refractivity contribution >= 4 is 0 Å². The molecule has 0 rings (SSSR count). The molecule has 0 N–H and O–H groups in total. The Morgan fingerprint density at radius 2 is 1.79 bits per heavy atom. The minimum absolute atomic E-state index is 0.155. The third kappa shape index (κ3) is 3.65. The Balaban J connectivity index is 5.11. The lowest BCUT2D eigenvalue weighted by Gasteiger charge is -2.14. The molecule has 0 amide bonds. The molecule has 0 saturated carbocycles. The fourth-order valence-corrected chi connectivity index (χ4v) is 1.09. The van der Waals surface area contributed by atoms with Crippen molar-refractivity contribution in [1.29, 1.82) is 0 Å². The Labute approximate surface area is 87.5 Å². The zero-order chi connectivity index (χ0) is 11.1. The topological polar surface area (TPSA) is 9.23 Å². The summed E-state index contributed by atoms with van der Waals surface area (Å²) in [5.41, 5.74) is 2.16. The summed E-state index contributed by atoms with van der Waals surface area (Å²) in [6.45, 7) is 15.5. The Kier molecular flexibility index (Phi) is 5.70. The normalized spacial score (nSPS) is 13.6. The molecule has 0 atom stereocenters. The van der Waals surface area contributed by atoms with E-state index in [0.29, 0.717) is 0 Å². The van der Waals surface area contributed by atoms with Gasteiger partial charge in [0.25, 0.3) is 0 Å². The molecule has 0 saturated heterocycles. The van der Waals surface area contributed by atoms with E-state index in [2.05, 4.69) is 13.2 Å². The Morgan fingerprint density at radius 1 is 1.21 bits per heavy atom. The molecule has 0 aromatic rings. The lowest BCUT2D eigenvalue weighted by molar-refractivity contribution is 0.156. The van der Waals surface area contributed by atoms with Crippen LogP contribution in [-0.2, 0) is 4.74 Å². The molecule has 14 heavy (non-hydrogen) atoms. The van der Waals surface area contributed by atoms with Crippen molar-refractivity contribution in [3.05, 3.63) is 48.3 Å². The first-order chi connectivity index (χ1) is 6.56. The van der Waals surface area contributed by atoms with E-state index in [1.165, 1.54) is 0 Å². The fraction of sp³-hybridized carbons (Fsp3) is 0.385. The van der Waals surface area contributed by atoms with E-state index in [1.54, 1.807) is 12.2 Å². The van der Waals surface area contributed by atoms with Gasteiger partial charge in [-0.1, -0.05) is 25.3 Å². The van der Waals surface area contributed by atoms with Gasteiger partial charge in [0.05, 0.1) is 6.10 Å². The van der Waals surface area contributed by atoms with Crippen molar-refractivity contribution in [1.82, 2.24) is 0 Å². The van der Waals surface area contributed by atoms with E-state index in [4.69, 9.17) is 4.74 Å². The molecule has 0 aliphatic heterocycles. The van der Waals surface area contributed by atoms with Gasteiger partial charge in [0.2, 0.25) is 0 Å². The molecule has 0 aliphatic rings. The predicted octanol–water partition coefficient (Wildman–Crippen LogP) is 4.00. The molecule has 0 aromatic carbocycles. The summed E-state index contributed by atoms with van der Waals surface area (Å²) >= 11 is 0. The van der Waals surface area contributed by atoms with Crippen molar-refractivity contribution in [2.75, 3.05) is 0 Å². The monoisotopic (exact) mass is 192 g/mol. The zero-order valence-electron chi connectivity index (χ0n) is 9.63. The van der Waals surface area contributed by atoms with Crippen LogP contribution in [0.15, 0.2) is 48.3 Å². The minimum Gasteiger partial charge on any atom is -0.490 e. The van der Waals surface area contributed by atoms with Crippen LogP contribution >= 0.6 is 0 Å². The van der Waals surface area contributed by atoms with E-state index < -0.39 is 0 Å². The number of allylic oxidation sites excluding steroid dienone is 5. The maximum atomic E-state index is 5.62. The van der Waals surface area contributed by atoms with E-state index in [-0.39, 0.29) is 6.10 Å². The Hall–Kier alpha value is -1.24. The molecule has 0 heterocycles. The van der Waals surface area contributed by atoms with Gasteiger partial charge in [-0.25, -0.2) is 0 Å². The van der Waals surface area contributed by atoms with Gasteiger partial charge >= 0.3 is 0 Å². The third-order valence-electron chi connectivity index (χ3n) is 1.88. The Bertz CT molecular complexity index is 267. The van der Waals surface area contributed by atoms with Gasteiger partial charge < -0.3 is 4.74 Å². The first-order valence-corrected chi connectivity index (χ1v) is 4.85. The average Bonchev–Trinajstić information content (AvgIpc) is 2.16. The SMILES string of the molecule is C=C/C(OC(C)C)=C(\C=C)C(C)=CC. The maximum absolute atomic E-state index is 5.62. The molecule has 0 unspecified atom stereocenters. The predicted molar refractivity (Wildman–Crippen MR) is 63.1 cm³/mol. The van der Waals surface area contributed by atoms with Gasteiger partial charge in [0.15, 0.2) is 0 Å². The second-order valence-corrected chi connectivity index (χ2v) is 3.32.